The molecule has 0 fully saturated rings. The van der Waals surface area contributed by atoms with Crippen LogP contribution in [0.15, 0.2) is 0 Å². The normalized spacial score (nSPS) is 12.8. The molecule has 0 N–H and O–H groups in total. The summed E-state index contributed by atoms with van der Waals surface area (Å²) in [5, 5.41) is 0. The van der Waals surface area contributed by atoms with Crippen molar-refractivity contribution in [2.45, 2.75) is 66.6 Å². The summed E-state index contributed by atoms with van der Waals surface area (Å²) >= 11 is 0. The fourth-order valence-electron chi connectivity index (χ4n) is 1.69. The van der Waals surface area contributed by atoms with Crippen molar-refractivity contribution in [2.24, 2.45) is 5.41 Å². The largest absolute Gasteiger partial charge is 0.540 e. The molecule has 0 saturated heterocycles. The highest BCUT2D eigenvalue weighted by Gasteiger charge is 2.30. The summed E-state index contributed by atoms with van der Waals surface area (Å²) in [4.78, 5) is 20.5. The minimum atomic E-state index is -0.789. The molecule has 0 aliphatic heterocycles. The van der Waals surface area contributed by atoms with Gasteiger partial charge in [-0.1, -0.05) is 20.8 Å². The molecule has 0 aromatic carbocycles. The number of hydrogen-bond donors (Lipinski definition) is 0. The van der Waals surface area contributed by atoms with Crippen molar-refractivity contribution in [3.05, 3.63) is 0 Å². The first-order valence-corrected chi connectivity index (χ1v) is 5.58. The number of carbonyl (C=O) groups excluding carboxylic acids is 1. The van der Waals surface area contributed by atoms with E-state index in [0.717, 1.165) is 6.42 Å². The zero-order valence-electron chi connectivity index (χ0n) is 11.4. The van der Waals surface area contributed by atoms with E-state index in [0.29, 0.717) is 0 Å². The molecule has 4 nitrogen and oxygen atoms in total. The van der Waals surface area contributed by atoms with Crippen LogP contribution >= 0.6 is 0 Å². The zero-order chi connectivity index (χ0) is 13.0. The predicted molar refractivity (Wildman–Crippen MR) is 61.9 cm³/mol. The lowest BCUT2D eigenvalue weighted by Crippen LogP contribution is -2.33. The Morgan fingerprint density at radius 3 is 2.00 bits per heavy atom. The van der Waals surface area contributed by atoms with Gasteiger partial charge in [0.15, 0.2) is 0 Å². The van der Waals surface area contributed by atoms with Crippen molar-refractivity contribution in [1.29, 1.82) is 0 Å². The summed E-state index contributed by atoms with van der Waals surface area (Å²) in [6.07, 6.45) is -0.210. The molecule has 0 unspecified atom stereocenters. The van der Waals surface area contributed by atoms with Crippen LogP contribution < -0.4 is 0 Å². The minimum Gasteiger partial charge on any atom is -0.426 e. The van der Waals surface area contributed by atoms with Gasteiger partial charge in [-0.3, -0.25) is 4.89 Å². The standard InChI is InChI=1S/C12H24O4/c1-9(2)15-16-10(13)14-12(6,7)8-11(3,4)5/h9H,8H2,1-7H3. The number of ether oxygens (including phenoxy) is 1. The van der Waals surface area contributed by atoms with E-state index in [2.05, 4.69) is 25.7 Å². The van der Waals surface area contributed by atoms with E-state index in [9.17, 15) is 4.79 Å². The molecule has 0 aromatic rings. The van der Waals surface area contributed by atoms with Crippen LogP contribution in [0.1, 0.15) is 54.9 Å². The molecule has 0 saturated carbocycles. The van der Waals surface area contributed by atoms with Crippen molar-refractivity contribution in [3.8, 4) is 0 Å². The molecule has 96 valence electrons. The smallest absolute Gasteiger partial charge is 0.426 e. The van der Waals surface area contributed by atoms with Gasteiger partial charge in [-0.05, 0) is 39.5 Å². The Hall–Kier alpha value is -0.770. The lowest BCUT2D eigenvalue weighted by molar-refractivity contribution is -0.284. The van der Waals surface area contributed by atoms with E-state index in [1.807, 2.05) is 13.8 Å². The Morgan fingerprint density at radius 1 is 1.12 bits per heavy atom. The van der Waals surface area contributed by atoms with Crippen LogP contribution in [0, 0.1) is 5.41 Å². The number of rotatable bonds is 4. The second-order valence-electron chi connectivity index (χ2n) is 6.08. The first-order valence-electron chi connectivity index (χ1n) is 5.58. The molecule has 0 aromatic heterocycles. The zero-order valence-corrected chi connectivity index (χ0v) is 11.4. The summed E-state index contributed by atoms with van der Waals surface area (Å²) in [7, 11) is 0. The maximum Gasteiger partial charge on any atom is 0.540 e. The second kappa shape index (κ2) is 5.53. The molecule has 0 aliphatic rings. The number of carbonyl (C=O) groups is 1. The van der Waals surface area contributed by atoms with E-state index in [1.165, 1.54) is 0 Å². The Balaban J connectivity index is 4.10. The fraction of sp³-hybridized carbons (Fsp3) is 0.917. The van der Waals surface area contributed by atoms with Crippen LogP contribution in [0.4, 0.5) is 4.79 Å². The third kappa shape index (κ3) is 8.53. The van der Waals surface area contributed by atoms with Crippen LogP contribution in [0.5, 0.6) is 0 Å². The molecular formula is C12H24O4. The average Bonchev–Trinajstić information content (AvgIpc) is 1.94. The molecule has 16 heavy (non-hydrogen) atoms. The molecule has 0 amide bonds. The van der Waals surface area contributed by atoms with E-state index in [-0.39, 0.29) is 11.5 Å². The van der Waals surface area contributed by atoms with Crippen LogP contribution in [0.2, 0.25) is 0 Å². The molecule has 0 bridgehead atoms. The van der Waals surface area contributed by atoms with Gasteiger partial charge in [0.1, 0.15) is 5.60 Å². The molecule has 4 heteroatoms. The molecule has 0 atom stereocenters. The van der Waals surface area contributed by atoms with Gasteiger partial charge in [-0.15, -0.1) is 0 Å². The van der Waals surface area contributed by atoms with Crippen molar-refractivity contribution >= 4 is 6.16 Å². The van der Waals surface area contributed by atoms with Gasteiger partial charge in [0.2, 0.25) is 0 Å². The van der Waals surface area contributed by atoms with E-state index >= 15 is 0 Å². The lowest BCUT2D eigenvalue weighted by atomic mass is 9.84. The third-order valence-electron chi connectivity index (χ3n) is 1.62. The van der Waals surface area contributed by atoms with E-state index < -0.39 is 11.8 Å². The first kappa shape index (κ1) is 15.2. The molecule has 0 radical (unpaired) electrons. The highest BCUT2D eigenvalue weighted by atomic mass is 17.2. The van der Waals surface area contributed by atoms with Crippen LogP contribution in [-0.2, 0) is 14.5 Å². The quantitative estimate of drug-likeness (QED) is 0.421. The third-order valence-corrected chi connectivity index (χ3v) is 1.62. The van der Waals surface area contributed by atoms with Gasteiger partial charge in [-0.2, -0.15) is 4.89 Å². The average molecular weight is 232 g/mol. The summed E-state index contributed by atoms with van der Waals surface area (Å²) in [5.41, 5.74) is -0.474. The van der Waals surface area contributed by atoms with Crippen LogP contribution in [0.3, 0.4) is 0 Å². The van der Waals surface area contributed by atoms with E-state index in [4.69, 9.17) is 9.62 Å². The lowest BCUT2D eigenvalue weighted by Gasteiger charge is -2.31. The van der Waals surface area contributed by atoms with Gasteiger partial charge in [-0.25, -0.2) is 4.79 Å². The maximum absolute atomic E-state index is 11.3. The molecule has 0 spiro atoms. The molecular weight excluding hydrogens is 208 g/mol. The van der Waals surface area contributed by atoms with Gasteiger partial charge in [0.25, 0.3) is 0 Å². The maximum atomic E-state index is 11.3. The molecule has 0 rings (SSSR count). The first-order chi connectivity index (χ1) is 7.02. The van der Waals surface area contributed by atoms with Gasteiger partial charge >= 0.3 is 6.16 Å². The van der Waals surface area contributed by atoms with Crippen LogP contribution in [0.25, 0.3) is 0 Å². The summed E-state index contributed by atoms with van der Waals surface area (Å²) in [6, 6.07) is 0. The monoisotopic (exact) mass is 232 g/mol. The second-order valence-corrected chi connectivity index (χ2v) is 6.08. The van der Waals surface area contributed by atoms with E-state index in [1.54, 1.807) is 13.8 Å². The summed E-state index contributed by atoms with van der Waals surface area (Å²) in [6.45, 7) is 13.5. The van der Waals surface area contributed by atoms with Crippen molar-refractivity contribution in [2.75, 3.05) is 0 Å². The Bertz CT molecular complexity index is 226. The van der Waals surface area contributed by atoms with Gasteiger partial charge in [0.05, 0.1) is 6.10 Å². The summed E-state index contributed by atoms with van der Waals surface area (Å²) < 4.78 is 5.18. The summed E-state index contributed by atoms with van der Waals surface area (Å²) in [5.74, 6) is 0. The highest BCUT2D eigenvalue weighted by molar-refractivity contribution is 5.59. The number of hydrogen-bond acceptors (Lipinski definition) is 4. The van der Waals surface area contributed by atoms with Crippen molar-refractivity contribution in [1.82, 2.24) is 0 Å². The van der Waals surface area contributed by atoms with Crippen LogP contribution in [-0.4, -0.2) is 17.9 Å². The topological polar surface area (TPSA) is 44.8 Å². The Kier molecular flexibility index (Phi) is 5.26. The minimum absolute atomic E-state index is 0.0860. The molecule has 0 heterocycles. The highest BCUT2D eigenvalue weighted by Crippen LogP contribution is 2.29. The Morgan fingerprint density at radius 2 is 1.62 bits per heavy atom. The van der Waals surface area contributed by atoms with Crippen molar-refractivity contribution in [3.63, 3.8) is 0 Å². The molecule has 0 aliphatic carbocycles. The SMILES string of the molecule is CC(C)OOC(=O)OC(C)(C)CC(C)(C)C. The Labute approximate surface area is 98.2 Å². The van der Waals surface area contributed by atoms with Crippen molar-refractivity contribution < 1.29 is 19.3 Å². The van der Waals surface area contributed by atoms with Gasteiger partial charge < -0.3 is 4.74 Å². The fourth-order valence-corrected chi connectivity index (χ4v) is 1.69. The predicted octanol–water partition coefficient (Wildman–Crippen LogP) is 3.69. The van der Waals surface area contributed by atoms with Gasteiger partial charge in [0, 0.05) is 0 Å².